The fraction of sp³-hybridized carbons (Fsp3) is 0.643. The van der Waals surface area contributed by atoms with Crippen LogP contribution in [0.1, 0.15) is 19.0 Å². The smallest absolute Gasteiger partial charge is 0.339 e. The molecule has 0 bridgehead atoms. The number of hydrogen-bond donors (Lipinski definition) is 0. The van der Waals surface area contributed by atoms with Crippen LogP contribution in [0.3, 0.4) is 0 Å². The summed E-state index contributed by atoms with van der Waals surface area (Å²) < 4.78 is 38.0. The third kappa shape index (κ3) is 3.00. The zero-order valence-corrected chi connectivity index (χ0v) is 12.2. The van der Waals surface area contributed by atoms with Crippen molar-refractivity contribution >= 4 is 11.9 Å². The summed E-state index contributed by atoms with van der Waals surface area (Å²) in [4.78, 5) is 23.1. The zero-order valence-electron chi connectivity index (χ0n) is 12.2. The van der Waals surface area contributed by atoms with Crippen molar-refractivity contribution in [3.05, 3.63) is 18.0 Å². The van der Waals surface area contributed by atoms with Gasteiger partial charge in [-0.3, -0.25) is 4.79 Å². The molecule has 8 heteroatoms. The molecule has 120 valence electrons. The minimum absolute atomic E-state index is 0.0710. The van der Waals surface area contributed by atoms with Crippen molar-refractivity contribution in [3.8, 4) is 0 Å². The second kappa shape index (κ2) is 5.40. The molecule has 5 nitrogen and oxygen atoms in total. The largest absolute Gasteiger partial charge is 0.433 e. The first kappa shape index (κ1) is 15.1. The van der Waals surface area contributed by atoms with E-state index in [2.05, 4.69) is 16.9 Å². The SMILES string of the molecule is C[C@H]1C[C@@H]1C(=O)N1CCN(c2nccc(C(F)(F)F)n2)CC1. The van der Waals surface area contributed by atoms with Gasteiger partial charge in [0, 0.05) is 38.3 Å². The molecule has 2 aliphatic rings. The first-order valence-corrected chi connectivity index (χ1v) is 7.30. The van der Waals surface area contributed by atoms with Gasteiger partial charge in [-0.2, -0.15) is 13.2 Å². The van der Waals surface area contributed by atoms with E-state index in [-0.39, 0.29) is 17.8 Å². The molecule has 1 aliphatic carbocycles. The molecular formula is C14H17F3N4O. The molecule has 1 aliphatic heterocycles. The van der Waals surface area contributed by atoms with E-state index in [1.165, 1.54) is 0 Å². The number of nitrogens with zero attached hydrogens (tertiary/aromatic N) is 4. The van der Waals surface area contributed by atoms with Crippen molar-refractivity contribution < 1.29 is 18.0 Å². The second-order valence-electron chi connectivity index (χ2n) is 5.87. The number of anilines is 1. The van der Waals surface area contributed by atoms with E-state index in [0.717, 1.165) is 18.7 Å². The van der Waals surface area contributed by atoms with Gasteiger partial charge in [0.1, 0.15) is 5.69 Å². The fourth-order valence-corrected chi connectivity index (χ4v) is 2.69. The summed E-state index contributed by atoms with van der Waals surface area (Å²) in [5, 5.41) is 0. The van der Waals surface area contributed by atoms with E-state index in [0.29, 0.717) is 32.1 Å². The topological polar surface area (TPSA) is 49.3 Å². The normalized spacial score (nSPS) is 25.3. The Bertz CT molecular complexity index is 569. The molecule has 1 saturated carbocycles. The molecule has 1 saturated heterocycles. The first-order valence-electron chi connectivity index (χ1n) is 7.30. The van der Waals surface area contributed by atoms with Crippen LogP contribution in [0.25, 0.3) is 0 Å². The van der Waals surface area contributed by atoms with Crippen molar-refractivity contribution in [2.45, 2.75) is 19.5 Å². The van der Waals surface area contributed by atoms with Gasteiger partial charge < -0.3 is 9.80 Å². The third-order valence-corrected chi connectivity index (χ3v) is 4.23. The van der Waals surface area contributed by atoms with Crippen LogP contribution in [0.5, 0.6) is 0 Å². The van der Waals surface area contributed by atoms with Crippen LogP contribution < -0.4 is 4.90 Å². The summed E-state index contributed by atoms with van der Waals surface area (Å²) in [5.74, 6) is 0.826. The van der Waals surface area contributed by atoms with E-state index in [4.69, 9.17) is 0 Å². The molecule has 2 heterocycles. The van der Waals surface area contributed by atoms with Gasteiger partial charge in [0.25, 0.3) is 0 Å². The number of aromatic nitrogens is 2. The van der Waals surface area contributed by atoms with Gasteiger partial charge in [-0.05, 0) is 18.4 Å². The third-order valence-electron chi connectivity index (χ3n) is 4.23. The van der Waals surface area contributed by atoms with Crippen LogP contribution in [0.4, 0.5) is 19.1 Å². The van der Waals surface area contributed by atoms with Crippen LogP contribution in [0.2, 0.25) is 0 Å². The number of alkyl halides is 3. The van der Waals surface area contributed by atoms with E-state index in [1.54, 1.807) is 9.80 Å². The summed E-state index contributed by atoms with van der Waals surface area (Å²) in [5.41, 5.74) is -0.942. The predicted octanol–water partition coefficient (Wildman–Crippen LogP) is 1.80. The molecule has 1 aromatic rings. The molecule has 1 amide bonds. The molecule has 0 spiro atoms. The predicted molar refractivity (Wildman–Crippen MR) is 73.1 cm³/mol. The Morgan fingerprint density at radius 2 is 1.91 bits per heavy atom. The lowest BCUT2D eigenvalue weighted by molar-refractivity contribution is -0.141. The number of carbonyl (C=O) groups excluding carboxylic acids is 1. The summed E-state index contributed by atoms with van der Waals surface area (Å²) in [7, 11) is 0. The summed E-state index contributed by atoms with van der Waals surface area (Å²) in [6.45, 7) is 3.96. The number of hydrogen-bond acceptors (Lipinski definition) is 4. The van der Waals surface area contributed by atoms with E-state index in [9.17, 15) is 18.0 Å². The fourth-order valence-electron chi connectivity index (χ4n) is 2.69. The molecule has 2 atom stereocenters. The molecule has 0 aromatic carbocycles. The maximum Gasteiger partial charge on any atom is 0.433 e. The lowest BCUT2D eigenvalue weighted by Crippen LogP contribution is -2.50. The van der Waals surface area contributed by atoms with E-state index < -0.39 is 11.9 Å². The van der Waals surface area contributed by atoms with Gasteiger partial charge in [-0.25, -0.2) is 9.97 Å². The molecule has 0 radical (unpaired) electrons. The van der Waals surface area contributed by atoms with Gasteiger partial charge in [0.05, 0.1) is 0 Å². The Hall–Kier alpha value is -1.86. The molecular weight excluding hydrogens is 297 g/mol. The summed E-state index contributed by atoms with van der Waals surface area (Å²) in [6, 6.07) is 0.859. The molecule has 0 N–H and O–H groups in total. The van der Waals surface area contributed by atoms with Crippen molar-refractivity contribution in [1.29, 1.82) is 0 Å². The number of carbonyl (C=O) groups is 1. The molecule has 22 heavy (non-hydrogen) atoms. The maximum atomic E-state index is 12.7. The zero-order chi connectivity index (χ0) is 15.9. The van der Waals surface area contributed by atoms with Gasteiger partial charge in [0.15, 0.2) is 0 Å². The molecule has 3 rings (SSSR count). The Balaban J connectivity index is 1.63. The van der Waals surface area contributed by atoms with Gasteiger partial charge in [-0.15, -0.1) is 0 Å². The Kier molecular flexibility index (Phi) is 3.70. The number of rotatable bonds is 2. The number of halogens is 3. The van der Waals surface area contributed by atoms with Gasteiger partial charge in [-0.1, -0.05) is 6.92 Å². The highest BCUT2D eigenvalue weighted by Gasteiger charge is 2.42. The Morgan fingerprint density at radius 1 is 1.27 bits per heavy atom. The van der Waals surface area contributed by atoms with Crippen LogP contribution in [0.15, 0.2) is 12.3 Å². The van der Waals surface area contributed by atoms with E-state index >= 15 is 0 Å². The van der Waals surface area contributed by atoms with Crippen molar-refractivity contribution in [1.82, 2.24) is 14.9 Å². The maximum absolute atomic E-state index is 12.7. The van der Waals surface area contributed by atoms with Gasteiger partial charge in [0.2, 0.25) is 11.9 Å². The average Bonchev–Trinajstić information content (AvgIpc) is 3.23. The first-order chi connectivity index (χ1) is 10.4. The van der Waals surface area contributed by atoms with Crippen LogP contribution in [0, 0.1) is 11.8 Å². The highest BCUT2D eigenvalue weighted by Crippen LogP contribution is 2.39. The van der Waals surface area contributed by atoms with Crippen LogP contribution >= 0.6 is 0 Å². The minimum Gasteiger partial charge on any atom is -0.339 e. The monoisotopic (exact) mass is 314 g/mol. The van der Waals surface area contributed by atoms with E-state index in [1.807, 2.05) is 0 Å². The summed E-state index contributed by atoms with van der Waals surface area (Å²) >= 11 is 0. The van der Waals surface area contributed by atoms with Crippen molar-refractivity contribution in [2.75, 3.05) is 31.1 Å². The number of piperazine rings is 1. The van der Waals surface area contributed by atoms with Crippen molar-refractivity contribution in [3.63, 3.8) is 0 Å². The quantitative estimate of drug-likeness (QED) is 0.835. The standard InChI is InChI=1S/C14H17F3N4O/c1-9-8-10(9)12(22)20-4-6-21(7-5-20)13-18-3-2-11(19-13)14(15,16)17/h2-3,9-10H,4-8H2,1H3/t9-,10-/m0/s1. The molecule has 1 aromatic heterocycles. The van der Waals surface area contributed by atoms with Crippen LogP contribution in [-0.4, -0.2) is 47.0 Å². The lowest BCUT2D eigenvalue weighted by atomic mass is 10.2. The number of amides is 1. The average molecular weight is 314 g/mol. The highest BCUT2D eigenvalue weighted by molar-refractivity contribution is 5.81. The van der Waals surface area contributed by atoms with Crippen LogP contribution in [-0.2, 0) is 11.0 Å². The van der Waals surface area contributed by atoms with Gasteiger partial charge >= 0.3 is 6.18 Å². The lowest BCUT2D eigenvalue weighted by Gasteiger charge is -2.35. The Labute approximate surface area is 126 Å². The highest BCUT2D eigenvalue weighted by atomic mass is 19.4. The van der Waals surface area contributed by atoms with Crippen molar-refractivity contribution in [2.24, 2.45) is 11.8 Å². The second-order valence-corrected chi connectivity index (χ2v) is 5.87. The molecule has 2 fully saturated rings. The summed E-state index contributed by atoms with van der Waals surface area (Å²) in [6.07, 6.45) is -2.41. The minimum atomic E-state index is -4.47. The molecule has 0 unspecified atom stereocenters. The Morgan fingerprint density at radius 3 is 2.45 bits per heavy atom.